The Labute approximate surface area is 43.6 Å². The smallest absolute Gasteiger partial charge is 0.0202 e. The van der Waals surface area contributed by atoms with Gasteiger partial charge in [-0.2, -0.15) is 12.6 Å². The summed E-state index contributed by atoms with van der Waals surface area (Å²) in [5.74, 6) is 0. The van der Waals surface area contributed by atoms with Crippen molar-refractivity contribution in [3.8, 4) is 0 Å². The Balaban J connectivity index is 3.03. The van der Waals surface area contributed by atoms with E-state index >= 15 is 0 Å². The first kappa shape index (κ1) is 6.05. The van der Waals surface area contributed by atoms with E-state index in [0.29, 0.717) is 0 Å². The fourth-order valence-electron chi connectivity index (χ4n) is 0.136. The van der Waals surface area contributed by atoms with Gasteiger partial charge in [0.2, 0.25) is 0 Å². The normalized spacial score (nSPS) is 15.8. The second-order valence-electron chi connectivity index (χ2n) is 1.20. The van der Waals surface area contributed by atoms with Gasteiger partial charge in [0.05, 0.1) is 0 Å². The van der Waals surface area contributed by atoms with E-state index in [-0.39, 0.29) is 6.04 Å². The van der Waals surface area contributed by atoms with Crippen LogP contribution < -0.4 is 5.73 Å². The SMILES string of the molecule is CC(N)/C=C\S. The van der Waals surface area contributed by atoms with E-state index in [1.165, 1.54) is 0 Å². The maximum Gasteiger partial charge on any atom is 0.0202 e. The molecule has 0 heterocycles. The van der Waals surface area contributed by atoms with Gasteiger partial charge in [0.1, 0.15) is 0 Å². The molecule has 6 heavy (non-hydrogen) atoms. The van der Waals surface area contributed by atoms with Crippen LogP contribution in [0.15, 0.2) is 11.5 Å². The van der Waals surface area contributed by atoms with Gasteiger partial charge in [-0.1, -0.05) is 6.08 Å². The van der Waals surface area contributed by atoms with Crippen LogP contribution in [-0.4, -0.2) is 6.04 Å². The summed E-state index contributed by atoms with van der Waals surface area (Å²) in [6, 6.07) is 0.141. The second-order valence-corrected chi connectivity index (χ2v) is 1.50. The monoisotopic (exact) mass is 103 g/mol. The van der Waals surface area contributed by atoms with Gasteiger partial charge in [-0.05, 0) is 12.3 Å². The van der Waals surface area contributed by atoms with Crippen molar-refractivity contribution in [1.82, 2.24) is 0 Å². The summed E-state index contributed by atoms with van der Waals surface area (Å²) in [7, 11) is 0. The minimum Gasteiger partial charge on any atom is -0.325 e. The minimum atomic E-state index is 0.141. The summed E-state index contributed by atoms with van der Waals surface area (Å²) >= 11 is 3.80. The molecular weight excluding hydrogens is 94.1 g/mol. The quantitative estimate of drug-likeness (QED) is 0.471. The molecule has 0 aromatic carbocycles. The highest BCUT2D eigenvalue weighted by Gasteiger charge is 1.76. The van der Waals surface area contributed by atoms with E-state index in [1.807, 2.05) is 13.0 Å². The third kappa shape index (κ3) is 4.05. The van der Waals surface area contributed by atoms with Crippen molar-refractivity contribution in [2.75, 3.05) is 0 Å². The molecule has 1 unspecified atom stereocenters. The molecule has 1 nitrogen and oxygen atoms in total. The molecule has 0 radical (unpaired) electrons. The van der Waals surface area contributed by atoms with Gasteiger partial charge in [0.15, 0.2) is 0 Å². The maximum atomic E-state index is 5.27. The van der Waals surface area contributed by atoms with Crippen LogP contribution in [0.2, 0.25) is 0 Å². The lowest BCUT2D eigenvalue weighted by Gasteiger charge is -1.88. The van der Waals surface area contributed by atoms with Crippen LogP contribution in [0.5, 0.6) is 0 Å². The predicted molar refractivity (Wildman–Crippen MR) is 31.8 cm³/mol. The zero-order valence-corrected chi connectivity index (χ0v) is 4.65. The lowest BCUT2D eigenvalue weighted by molar-refractivity contribution is 0.928. The topological polar surface area (TPSA) is 26.0 Å². The van der Waals surface area contributed by atoms with Crippen LogP contribution >= 0.6 is 12.6 Å². The molecular formula is C4H9NS. The zero-order chi connectivity index (χ0) is 4.99. The molecule has 0 aliphatic heterocycles. The van der Waals surface area contributed by atoms with Crippen LogP contribution in [0.3, 0.4) is 0 Å². The summed E-state index contributed by atoms with van der Waals surface area (Å²) in [6.45, 7) is 1.90. The Bertz CT molecular complexity index is 49.5. The zero-order valence-electron chi connectivity index (χ0n) is 3.76. The number of hydrogen-bond acceptors (Lipinski definition) is 2. The van der Waals surface area contributed by atoms with Gasteiger partial charge in [0.25, 0.3) is 0 Å². The van der Waals surface area contributed by atoms with Gasteiger partial charge in [-0.15, -0.1) is 0 Å². The molecule has 0 amide bonds. The van der Waals surface area contributed by atoms with Gasteiger partial charge < -0.3 is 5.73 Å². The molecule has 0 rings (SSSR count). The molecule has 0 aliphatic carbocycles. The largest absolute Gasteiger partial charge is 0.325 e. The molecule has 0 saturated carbocycles. The van der Waals surface area contributed by atoms with Crippen LogP contribution in [0.4, 0.5) is 0 Å². The third-order valence-corrected chi connectivity index (χ3v) is 0.562. The summed E-state index contributed by atoms with van der Waals surface area (Å²) in [4.78, 5) is 0. The highest BCUT2D eigenvalue weighted by atomic mass is 32.1. The Hall–Kier alpha value is 0.0500. The van der Waals surface area contributed by atoms with E-state index in [4.69, 9.17) is 5.73 Å². The molecule has 0 spiro atoms. The van der Waals surface area contributed by atoms with Crippen LogP contribution in [0.25, 0.3) is 0 Å². The van der Waals surface area contributed by atoms with Gasteiger partial charge in [-0.25, -0.2) is 0 Å². The standard InChI is InChI=1S/C4H9NS/c1-4(5)2-3-6/h2-4,6H,5H2,1H3/b3-2-. The van der Waals surface area contributed by atoms with Crippen molar-refractivity contribution < 1.29 is 0 Å². The first-order valence-electron chi connectivity index (χ1n) is 1.84. The van der Waals surface area contributed by atoms with Crippen molar-refractivity contribution in [2.45, 2.75) is 13.0 Å². The van der Waals surface area contributed by atoms with Crippen molar-refractivity contribution in [2.24, 2.45) is 5.73 Å². The molecule has 0 bridgehead atoms. The molecule has 0 saturated heterocycles. The summed E-state index contributed by atoms with van der Waals surface area (Å²) in [6.07, 6.45) is 1.81. The lowest BCUT2D eigenvalue weighted by atomic mass is 10.4. The second kappa shape index (κ2) is 3.25. The number of rotatable bonds is 1. The summed E-state index contributed by atoms with van der Waals surface area (Å²) in [5.41, 5.74) is 5.27. The molecule has 36 valence electrons. The van der Waals surface area contributed by atoms with Crippen LogP contribution in [0, 0.1) is 0 Å². The summed E-state index contributed by atoms with van der Waals surface area (Å²) < 4.78 is 0. The molecule has 0 aromatic heterocycles. The van der Waals surface area contributed by atoms with Crippen molar-refractivity contribution in [3.05, 3.63) is 11.5 Å². The van der Waals surface area contributed by atoms with Crippen LogP contribution in [-0.2, 0) is 0 Å². The van der Waals surface area contributed by atoms with Gasteiger partial charge in [0, 0.05) is 6.04 Å². The fourth-order valence-corrected chi connectivity index (χ4v) is 0.407. The van der Waals surface area contributed by atoms with E-state index in [2.05, 4.69) is 12.6 Å². The first-order valence-corrected chi connectivity index (χ1v) is 2.35. The first-order chi connectivity index (χ1) is 2.77. The fraction of sp³-hybridized carbons (Fsp3) is 0.500. The minimum absolute atomic E-state index is 0.141. The molecule has 2 N–H and O–H groups in total. The number of nitrogens with two attached hydrogens (primary N) is 1. The van der Waals surface area contributed by atoms with Crippen molar-refractivity contribution in [3.63, 3.8) is 0 Å². The van der Waals surface area contributed by atoms with Gasteiger partial charge >= 0.3 is 0 Å². The lowest BCUT2D eigenvalue weighted by Crippen LogP contribution is -2.09. The number of hydrogen-bond donors (Lipinski definition) is 2. The average Bonchev–Trinajstić information content (AvgIpc) is 1.35. The molecule has 0 fully saturated rings. The van der Waals surface area contributed by atoms with E-state index in [9.17, 15) is 0 Å². The van der Waals surface area contributed by atoms with Crippen molar-refractivity contribution in [1.29, 1.82) is 0 Å². The summed E-state index contributed by atoms with van der Waals surface area (Å²) in [5, 5.41) is 1.64. The van der Waals surface area contributed by atoms with E-state index in [1.54, 1.807) is 5.41 Å². The molecule has 2 heteroatoms. The van der Waals surface area contributed by atoms with Gasteiger partial charge in [-0.3, -0.25) is 0 Å². The number of thiol groups is 1. The van der Waals surface area contributed by atoms with E-state index in [0.717, 1.165) is 0 Å². The highest BCUT2D eigenvalue weighted by Crippen LogP contribution is 1.79. The highest BCUT2D eigenvalue weighted by molar-refractivity contribution is 7.83. The van der Waals surface area contributed by atoms with E-state index < -0.39 is 0 Å². The Kier molecular flexibility index (Phi) is 3.28. The Morgan fingerprint density at radius 3 is 2.33 bits per heavy atom. The third-order valence-electron chi connectivity index (χ3n) is 0.390. The predicted octanol–water partition coefficient (Wildman–Crippen LogP) is 0.777. The Morgan fingerprint density at radius 1 is 1.83 bits per heavy atom. The molecule has 0 aromatic rings. The molecule has 0 aliphatic rings. The maximum absolute atomic E-state index is 5.27. The Morgan fingerprint density at radius 2 is 2.33 bits per heavy atom. The average molecular weight is 103 g/mol. The van der Waals surface area contributed by atoms with Crippen LogP contribution in [0.1, 0.15) is 6.92 Å². The van der Waals surface area contributed by atoms with Crippen molar-refractivity contribution >= 4 is 12.6 Å². The molecule has 1 atom stereocenters.